The number of carbonyl (C=O) groups is 1. The number of aromatic nitrogens is 2. The topological polar surface area (TPSA) is 76.4 Å². The number of morpholine rings is 1. The number of fused-ring (bicyclic) bond motifs is 1. The number of hydrogen-bond acceptors (Lipinski definition) is 4. The molecule has 118 valence electrons. The van der Waals surface area contributed by atoms with Crippen molar-refractivity contribution < 1.29 is 14.6 Å². The average molecular weight is 303 g/mol. The summed E-state index contributed by atoms with van der Waals surface area (Å²) in [5, 5.41) is 12.1. The van der Waals surface area contributed by atoms with Crippen LogP contribution in [-0.2, 0) is 23.0 Å². The molecular formula is C16H21N3O3. The van der Waals surface area contributed by atoms with E-state index in [2.05, 4.69) is 28.5 Å². The number of benzene rings is 1. The van der Waals surface area contributed by atoms with Gasteiger partial charge in [0.2, 0.25) is 0 Å². The van der Waals surface area contributed by atoms with Gasteiger partial charge in [-0.15, -0.1) is 0 Å². The third kappa shape index (κ3) is 3.13. The molecule has 2 N–H and O–H groups in total. The van der Waals surface area contributed by atoms with Crippen molar-refractivity contribution in [1.82, 2.24) is 14.9 Å². The number of aliphatic carboxylic acids is 1. The highest BCUT2D eigenvalue weighted by molar-refractivity contribution is 5.77. The fraction of sp³-hybridized carbons (Fsp3) is 0.500. The lowest BCUT2D eigenvalue weighted by Crippen LogP contribution is -2.33. The molecule has 0 saturated carbocycles. The first-order valence-corrected chi connectivity index (χ1v) is 7.64. The van der Waals surface area contributed by atoms with E-state index in [1.165, 1.54) is 0 Å². The molecule has 1 aliphatic heterocycles. The van der Waals surface area contributed by atoms with Crippen LogP contribution in [0.2, 0.25) is 0 Å². The summed E-state index contributed by atoms with van der Waals surface area (Å²) in [4.78, 5) is 15.3. The van der Waals surface area contributed by atoms with E-state index >= 15 is 0 Å². The van der Waals surface area contributed by atoms with E-state index in [1.54, 1.807) is 0 Å². The van der Waals surface area contributed by atoms with Crippen molar-refractivity contribution in [1.29, 1.82) is 0 Å². The van der Waals surface area contributed by atoms with Gasteiger partial charge in [0.05, 0.1) is 23.7 Å². The van der Waals surface area contributed by atoms with E-state index < -0.39 is 5.97 Å². The van der Waals surface area contributed by atoms with Gasteiger partial charge in [-0.1, -0.05) is 6.07 Å². The van der Waals surface area contributed by atoms with Gasteiger partial charge >= 0.3 is 5.97 Å². The highest BCUT2D eigenvalue weighted by atomic mass is 16.5. The highest BCUT2D eigenvalue weighted by Crippen LogP contribution is 2.24. The molecule has 2 heterocycles. The maximum absolute atomic E-state index is 10.6. The lowest BCUT2D eigenvalue weighted by Gasteiger charge is -2.23. The van der Waals surface area contributed by atoms with Gasteiger partial charge < -0.3 is 19.7 Å². The summed E-state index contributed by atoms with van der Waals surface area (Å²) in [5.41, 5.74) is 3.15. The number of aryl methyl sites for hydroxylation is 2. The van der Waals surface area contributed by atoms with Crippen molar-refractivity contribution in [2.45, 2.75) is 25.4 Å². The molecule has 6 nitrogen and oxygen atoms in total. The monoisotopic (exact) mass is 303 g/mol. The Labute approximate surface area is 129 Å². The van der Waals surface area contributed by atoms with Crippen molar-refractivity contribution in [2.24, 2.45) is 7.05 Å². The zero-order chi connectivity index (χ0) is 15.5. The first kappa shape index (κ1) is 15.0. The second-order valence-corrected chi connectivity index (χ2v) is 5.65. The van der Waals surface area contributed by atoms with Crippen LogP contribution in [-0.4, -0.2) is 40.3 Å². The summed E-state index contributed by atoms with van der Waals surface area (Å²) < 4.78 is 7.82. The number of nitrogens with one attached hydrogen (secondary N) is 1. The van der Waals surface area contributed by atoms with E-state index in [9.17, 15) is 4.79 Å². The number of ether oxygens (including phenoxy) is 1. The Bertz CT molecular complexity index is 675. The molecule has 1 fully saturated rings. The molecular weight excluding hydrogens is 282 g/mol. The van der Waals surface area contributed by atoms with Crippen LogP contribution in [0.1, 0.15) is 30.3 Å². The Balaban J connectivity index is 1.81. The van der Waals surface area contributed by atoms with E-state index in [-0.39, 0.29) is 12.5 Å². The third-order valence-electron chi connectivity index (χ3n) is 4.09. The quantitative estimate of drug-likeness (QED) is 0.878. The predicted octanol–water partition coefficient (Wildman–Crippen LogP) is 1.64. The molecule has 1 saturated heterocycles. The Hall–Kier alpha value is -1.92. The second-order valence-electron chi connectivity index (χ2n) is 5.65. The highest BCUT2D eigenvalue weighted by Gasteiger charge is 2.17. The molecule has 1 atom stereocenters. The summed E-state index contributed by atoms with van der Waals surface area (Å²) in [7, 11) is 1.98. The van der Waals surface area contributed by atoms with Crippen LogP contribution >= 0.6 is 0 Å². The molecule has 0 bridgehead atoms. The number of nitrogens with zero attached hydrogens (tertiary/aromatic N) is 2. The van der Waals surface area contributed by atoms with Crippen molar-refractivity contribution in [2.75, 3.05) is 19.7 Å². The van der Waals surface area contributed by atoms with E-state index in [1.807, 2.05) is 11.6 Å². The van der Waals surface area contributed by atoms with E-state index in [4.69, 9.17) is 9.84 Å². The minimum Gasteiger partial charge on any atom is -0.481 e. The molecule has 1 aromatic heterocycles. The number of hydrogen-bond donors (Lipinski definition) is 2. The first-order valence-electron chi connectivity index (χ1n) is 7.64. The van der Waals surface area contributed by atoms with Gasteiger partial charge in [0, 0.05) is 33.0 Å². The van der Waals surface area contributed by atoms with Crippen LogP contribution in [0.15, 0.2) is 18.2 Å². The zero-order valence-electron chi connectivity index (χ0n) is 12.7. The van der Waals surface area contributed by atoms with Crippen LogP contribution in [0.4, 0.5) is 0 Å². The fourth-order valence-electron chi connectivity index (χ4n) is 2.87. The van der Waals surface area contributed by atoms with Crippen molar-refractivity contribution in [3.05, 3.63) is 29.6 Å². The molecule has 3 rings (SSSR count). The van der Waals surface area contributed by atoms with Gasteiger partial charge in [-0.2, -0.15) is 0 Å². The van der Waals surface area contributed by atoms with Gasteiger partial charge in [-0.25, -0.2) is 4.98 Å². The molecule has 0 spiro atoms. The molecule has 1 aromatic carbocycles. The molecule has 0 radical (unpaired) electrons. The smallest absolute Gasteiger partial charge is 0.303 e. The number of imidazole rings is 1. The summed E-state index contributed by atoms with van der Waals surface area (Å²) in [6.07, 6.45) is 1.54. The SMILES string of the molecule is Cn1c(CCCC(=O)O)nc2cc(C3CNCCO3)ccc21. The summed E-state index contributed by atoms with van der Waals surface area (Å²) >= 11 is 0. The van der Waals surface area contributed by atoms with Gasteiger partial charge in [-0.3, -0.25) is 4.79 Å². The Kier molecular flexibility index (Phi) is 4.40. The molecule has 1 unspecified atom stereocenters. The van der Waals surface area contributed by atoms with Gasteiger partial charge in [-0.05, 0) is 24.1 Å². The van der Waals surface area contributed by atoms with Crippen molar-refractivity contribution in [3.63, 3.8) is 0 Å². The van der Waals surface area contributed by atoms with Gasteiger partial charge in [0.25, 0.3) is 0 Å². The number of rotatable bonds is 5. The summed E-state index contributed by atoms with van der Waals surface area (Å²) in [5.74, 6) is 0.166. The zero-order valence-corrected chi connectivity index (χ0v) is 12.7. The Morgan fingerprint density at radius 2 is 2.41 bits per heavy atom. The molecule has 2 aromatic rings. The van der Waals surface area contributed by atoms with Crippen LogP contribution in [0, 0.1) is 0 Å². The van der Waals surface area contributed by atoms with E-state index in [0.717, 1.165) is 42.1 Å². The maximum atomic E-state index is 10.6. The van der Waals surface area contributed by atoms with Crippen LogP contribution in [0.25, 0.3) is 11.0 Å². The molecule has 6 heteroatoms. The first-order chi connectivity index (χ1) is 10.6. The molecule has 1 aliphatic rings. The number of carboxylic acid groups (broad SMARTS) is 1. The Morgan fingerprint density at radius 3 is 3.14 bits per heavy atom. The molecule has 0 amide bonds. The van der Waals surface area contributed by atoms with Gasteiger partial charge in [0.1, 0.15) is 5.82 Å². The summed E-state index contributed by atoms with van der Waals surface area (Å²) in [6, 6.07) is 6.23. The maximum Gasteiger partial charge on any atom is 0.303 e. The molecule has 22 heavy (non-hydrogen) atoms. The second kappa shape index (κ2) is 6.46. The lowest BCUT2D eigenvalue weighted by molar-refractivity contribution is -0.137. The third-order valence-corrected chi connectivity index (χ3v) is 4.09. The Morgan fingerprint density at radius 1 is 1.55 bits per heavy atom. The number of carboxylic acids is 1. The fourth-order valence-corrected chi connectivity index (χ4v) is 2.87. The van der Waals surface area contributed by atoms with Gasteiger partial charge in [0.15, 0.2) is 0 Å². The van der Waals surface area contributed by atoms with Crippen molar-refractivity contribution in [3.8, 4) is 0 Å². The standard InChI is InChI=1S/C16H21N3O3/c1-19-13-6-5-11(14-10-17-7-8-22-14)9-12(13)18-15(19)3-2-4-16(20)21/h5-6,9,14,17H,2-4,7-8,10H2,1H3,(H,20,21). The van der Waals surface area contributed by atoms with Crippen molar-refractivity contribution >= 4 is 17.0 Å². The predicted molar refractivity (Wildman–Crippen MR) is 82.9 cm³/mol. The van der Waals surface area contributed by atoms with E-state index in [0.29, 0.717) is 12.8 Å². The van der Waals surface area contributed by atoms with Crippen LogP contribution in [0.5, 0.6) is 0 Å². The average Bonchev–Trinajstić information content (AvgIpc) is 2.84. The minimum atomic E-state index is -0.761. The summed E-state index contributed by atoms with van der Waals surface area (Å²) in [6.45, 7) is 2.45. The minimum absolute atomic E-state index is 0.0793. The largest absolute Gasteiger partial charge is 0.481 e. The molecule has 0 aliphatic carbocycles. The lowest BCUT2D eigenvalue weighted by atomic mass is 10.1. The van der Waals surface area contributed by atoms with Crippen LogP contribution in [0.3, 0.4) is 0 Å². The normalized spacial score (nSPS) is 18.7. The van der Waals surface area contributed by atoms with Crippen LogP contribution < -0.4 is 5.32 Å².